The SMILES string of the molecule is C#C.Cc1cc2cc(N=C(N)NC#N)ccc2o1.O=C1CCCCCN1CC(=O)N1CCC(O)C1. The van der Waals surface area contributed by atoms with Gasteiger partial charge in [0.2, 0.25) is 17.8 Å². The fraction of sp³-hybridized carbons (Fsp3) is 0.440. The largest absolute Gasteiger partial charge is 0.461 e. The number of benzene rings is 1. The Bertz CT molecular complexity index is 1100. The Morgan fingerprint density at radius 2 is 2.09 bits per heavy atom. The zero-order valence-corrected chi connectivity index (χ0v) is 19.9. The van der Waals surface area contributed by atoms with Gasteiger partial charge in [-0.25, -0.2) is 4.99 Å². The van der Waals surface area contributed by atoms with Gasteiger partial charge in [-0.05, 0) is 50.5 Å². The third-order valence-corrected chi connectivity index (χ3v) is 5.57. The van der Waals surface area contributed by atoms with Gasteiger partial charge in [0.1, 0.15) is 11.3 Å². The Hall–Kier alpha value is -4.02. The van der Waals surface area contributed by atoms with Crippen molar-refractivity contribution in [1.82, 2.24) is 15.1 Å². The normalized spacial score (nSPS) is 18.0. The average molecular weight is 481 g/mol. The number of nitrogens with zero attached hydrogens (tertiary/aromatic N) is 4. The van der Waals surface area contributed by atoms with Crippen molar-refractivity contribution in [3.8, 4) is 19.0 Å². The number of hydrogen-bond donors (Lipinski definition) is 3. The molecule has 0 bridgehead atoms. The van der Waals surface area contributed by atoms with Crippen molar-refractivity contribution in [2.24, 2.45) is 10.7 Å². The van der Waals surface area contributed by atoms with Gasteiger partial charge >= 0.3 is 0 Å². The molecule has 10 heteroatoms. The smallest absolute Gasteiger partial charge is 0.242 e. The molecule has 35 heavy (non-hydrogen) atoms. The highest BCUT2D eigenvalue weighted by Gasteiger charge is 2.27. The summed E-state index contributed by atoms with van der Waals surface area (Å²) >= 11 is 0. The summed E-state index contributed by atoms with van der Waals surface area (Å²) in [4.78, 5) is 31.0. The Kier molecular flexibility index (Phi) is 10.6. The Labute approximate surface area is 205 Å². The van der Waals surface area contributed by atoms with Crippen LogP contribution in [0.2, 0.25) is 0 Å². The number of hydrogen-bond acceptors (Lipinski definition) is 6. The van der Waals surface area contributed by atoms with Crippen molar-refractivity contribution in [2.75, 3.05) is 26.2 Å². The van der Waals surface area contributed by atoms with E-state index in [-0.39, 0.29) is 24.3 Å². The predicted molar refractivity (Wildman–Crippen MR) is 133 cm³/mol. The van der Waals surface area contributed by atoms with Gasteiger partial charge in [-0.1, -0.05) is 6.42 Å². The molecule has 4 N–H and O–H groups in total. The number of nitrogens with one attached hydrogen (secondary N) is 1. The molecule has 2 saturated heterocycles. The number of nitrogens with two attached hydrogens (primary N) is 1. The molecule has 10 nitrogen and oxygen atoms in total. The minimum absolute atomic E-state index is 0.0307. The van der Waals surface area contributed by atoms with E-state index in [1.54, 1.807) is 22.1 Å². The topological polar surface area (TPSA) is 148 Å². The minimum Gasteiger partial charge on any atom is -0.461 e. The molecule has 3 heterocycles. The first-order valence-corrected chi connectivity index (χ1v) is 11.4. The van der Waals surface area contributed by atoms with Crippen LogP contribution < -0.4 is 11.1 Å². The van der Waals surface area contributed by atoms with Crippen molar-refractivity contribution >= 4 is 34.4 Å². The highest BCUT2D eigenvalue weighted by molar-refractivity contribution is 5.86. The van der Waals surface area contributed by atoms with Gasteiger partial charge in [0.15, 0.2) is 6.19 Å². The molecular formula is C25H32N6O4. The first kappa shape index (κ1) is 27.2. The second-order valence-electron chi connectivity index (χ2n) is 8.22. The molecule has 2 aliphatic heterocycles. The quantitative estimate of drug-likeness (QED) is 0.200. The third kappa shape index (κ3) is 8.36. The van der Waals surface area contributed by atoms with Crippen LogP contribution >= 0.6 is 0 Å². The molecule has 0 saturated carbocycles. The summed E-state index contributed by atoms with van der Waals surface area (Å²) in [6, 6.07) is 7.36. The van der Waals surface area contributed by atoms with E-state index >= 15 is 0 Å². The maximum atomic E-state index is 11.9. The number of aliphatic imine (C=N–C) groups is 1. The van der Waals surface area contributed by atoms with Crippen molar-refractivity contribution in [3.63, 3.8) is 0 Å². The van der Waals surface area contributed by atoms with Crippen LogP contribution in [0.4, 0.5) is 5.69 Å². The summed E-state index contributed by atoms with van der Waals surface area (Å²) in [5.74, 6) is 0.980. The fourth-order valence-electron chi connectivity index (χ4n) is 3.89. The van der Waals surface area contributed by atoms with Gasteiger partial charge in [0, 0.05) is 31.4 Å². The van der Waals surface area contributed by atoms with Gasteiger partial charge in [-0.2, -0.15) is 5.26 Å². The molecule has 0 spiro atoms. The summed E-state index contributed by atoms with van der Waals surface area (Å²) in [5.41, 5.74) is 6.94. The number of β-amino-alcohol motifs (C(OH)–C–C–N with tert-alkyl or cyclic N) is 1. The van der Waals surface area contributed by atoms with Crippen molar-refractivity contribution in [2.45, 2.75) is 45.1 Å². The molecule has 0 aliphatic carbocycles. The van der Waals surface area contributed by atoms with Gasteiger partial charge in [-0.3, -0.25) is 14.9 Å². The standard InChI is InChI=1S/C12H20N2O3.C11H10N4O.C2H2/c15-10-5-7-14(8-10)12(17)9-13-6-3-1-2-4-11(13)16;1-7-4-8-5-9(2-3-10(8)16-7)15-11(13)14-6-12;1-2/h10,15H,1-9H2;2-5H,1H3,(H3,13,14,15);1-2H. The van der Waals surface area contributed by atoms with E-state index in [0.717, 1.165) is 36.0 Å². The number of furan rings is 1. The third-order valence-electron chi connectivity index (χ3n) is 5.57. The van der Waals surface area contributed by atoms with E-state index < -0.39 is 6.10 Å². The number of rotatable bonds is 3. The Balaban J connectivity index is 0.000000231. The number of fused-ring (bicyclic) bond motifs is 1. The summed E-state index contributed by atoms with van der Waals surface area (Å²) in [7, 11) is 0. The number of aliphatic hydroxyl groups excluding tert-OH is 1. The molecule has 2 amide bonds. The molecule has 1 atom stereocenters. The number of likely N-dealkylation sites (tertiary alicyclic amines) is 2. The van der Waals surface area contributed by atoms with Crippen LogP contribution in [0.15, 0.2) is 33.7 Å². The molecular weight excluding hydrogens is 448 g/mol. The van der Waals surface area contributed by atoms with Gasteiger partial charge in [0.25, 0.3) is 0 Å². The Morgan fingerprint density at radius 1 is 1.31 bits per heavy atom. The fourth-order valence-corrected chi connectivity index (χ4v) is 3.89. The highest BCUT2D eigenvalue weighted by Crippen LogP contribution is 2.24. The summed E-state index contributed by atoms with van der Waals surface area (Å²) in [6.07, 6.45) is 13.5. The van der Waals surface area contributed by atoms with E-state index in [0.29, 0.717) is 38.2 Å². The molecule has 2 aromatic rings. The van der Waals surface area contributed by atoms with Crippen LogP contribution in [0.1, 0.15) is 37.9 Å². The maximum Gasteiger partial charge on any atom is 0.242 e. The molecule has 0 radical (unpaired) electrons. The zero-order valence-electron chi connectivity index (χ0n) is 19.9. The van der Waals surface area contributed by atoms with Crippen LogP contribution in [-0.4, -0.2) is 65.0 Å². The first-order valence-electron chi connectivity index (χ1n) is 11.4. The predicted octanol–water partition coefficient (Wildman–Crippen LogP) is 1.99. The minimum atomic E-state index is -0.390. The highest BCUT2D eigenvalue weighted by atomic mass is 16.3. The second kappa shape index (κ2) is 13.6. The van der Waals surface area contributed by atoms with Crippen LogP contribution in [-0.2, 0) is 9.59 Å². The van der Waals surface area contributed by atoms with Crippen LogP contribution in [0.5, 0.6) is 0 Å². The molecule has 4 rings (SSSR count). The van der Waals surface area contributed by atoms with E-state index in [4.69, 9.17) is 15.4 Å². The van der Waals surface area contributed by atoms with Crippen LogP contribution in [0.3, 0.4) is 0 Å². The molecule has 1 aromatic heterocycles. The Morgan fingerprint density at radius 3 is 2.77 bits per heavy atom. The molecule has 2 fully saturated rings. The van der Waals surface area contributed by atoms with Gasteiger partial charge in [0.05, 0.1) is 18.3 Å². The van der Waals surface area contributed by atoms with E-state index in [1.807, 2.05) is 25.1 Å². The molecule has 1 aromatic carbocycles. The lowest BCUT2D eigenvalue weighted by molar-refractivity contribution is -0.139. The number of guanidine groups is 1. The molecule has 186 valence electrons. The summed E-state index contributed by atoms with van der Waals surface area (Å²) in [6.45, 7) is 3.80. The average Bonchev–Trinajstić information content (AvgIpc) is 3.37. The van der Waals surface area contributed by atoms with Crippen molar-refractivity contribution in [3.05, 3.63) is 30.0 Å². The number of amides is 2. The van der Waals surface area contributed by atoms with E-state index in [9.17, 15) is 14.7 Å². The van der Waals surface area contributed by atoms with Crippen molar-refractivity contribution in [1.29, 1.82) is 5.26 Å². The van der Waals surface area contributed by atoms with E-state index in [1.165, 1.54) is 0 Å². The first-order chi connectivity index (χ1) is 16.9. The van der Waals surface area contributed by atoms with Crippen molar-refractivity contribution < 1.29 is 19.1 Å². The number of nitriles is 1. The number of carbonyl (C=O) groups excluding carboxylic acids is 2. The zero-order chi connectivity index (χ0) is 25.8. The molecule has 2 aliphatic rings. The summed E-state index contributed by atoms with van der Waals surface area (Å²) in [5, 5.41) is 20.9. The monoisotopic (exact) mass is 480 g/mol. The number of terminal acetylenes is 1. The maximum absolute atomic E-state index is 11.9. The van der Waals surface area contributed by atoms with Gasteiger partial charge < -0.3 is 25.1 Å². The summed E-state index contributed by atoms with van der Waals surface area (Å²) < 4.78 is 5.43. The molecule has 1 unspecified atom stereocenters. The van der Waals surface area contributed by atoms with E-state index in [2.05, 4.69) is 23.2 Å². The number of aryl methyl sites for hydroxylation is 1. The number of carbonyl (C=O) groups is 2. The number of aliphatic hydroxyl groups is 1. The second-order valence-corrected chi connectivity index (χ2v) is 8.22. The lowest BCUT2D eigenvalue weighted by Crippen LogP contribution is -2.42. The van der Waals surface area contributed by atoms with Gasteiger partial charge in [-0.15, -0.1) is 12.8 Å². The van der Waals surface area contributed by atoms with Crippen LogP contribution in [0, 0.1) is 31.2 Å². The lowest BCUT2D eigenvalue weighted by Gasteiger charge is -2.23. The van der Waals surface area contributed by atoms with Crippen LogP contribution in [0.25, 0.3) is 11.0 Å². The lowest BCUT2D eigenvalue weighted by atomic mass is 10.2.